The lowest BCUT2D eigenvalue weighted by Crippen LogP contribution is -2.27. The number of thioether (sulfide) groups is 1. The van der Waals surface area contributed by atoms with Crippen LogP contribution in [-0.2, 0) is 11.3 Å². The lowest BCUT2D eigenvalue weighted by Gasteiger charge is -2.12. The van der Waals surface area contributed by atoms with E-state index < -0.39 is 0 Å². The lowest BCUT2D eigenvalue weighted by atomic mass is 10.1. The SMILES string of the molecule is Cc1ccc(N2C(=O)S/C(=C\c3cn(CCOc4ccccc4C)c4ccc(Br)cc34)C2=O)cc1. The number of aromatic nitrogens is 1. The molecule has 0 saturated carbocycles. The molecule has 4 aromatic rings. The minimum atomic E-state index is -0.303. The number of hydrogen-bond donors (Lipinski definition) is 0. The molecule has 2 heterocycles. The van der Waals surface area contributed by atoms with Crippen molar-refractivity contribution in [2.45, 2.75) is 20.4 Å². The predicted molar refractivity (Wildman–Crippen MR) is 146 cm³/mol. The molecular weight excluding hydrogens is 524 g/mol. The molecule has 3 aromatic carbocycles. The van der Waals surface area contributed by atoms with E-state index in [4.69, 9.17) is 4.74 Å². The number of aryl methyl sites for hydroxylation is 2. The second kappa shape index (κ2) is 9.76. The van der Waals surface area contributed by atoms with E-state index in [0.717, 1.165) is 49.6 Å². The zero-order valence-corrected chi connectivity index (χ0v) is 21.7. The van der Waals surface area contributed by atoms with Gasteiger partial charge in [-0.25, -0.2) is 4.90 Å². The Morgan fingerprint density at radius 3 is 2.54 bits per heavy atom. The van der Waals surface area contributed by atoms with Crippen LogP contribution in [0.2, 0.25) is 0 Å². The van der Waals surface area contributed by atoms with Gasteiger partial charge in [0.25, 0.3) is 11.1 Å². The molecule has 1 aliphatic heterocycles. The smallest absolute Gasteiger partial charge is 0.298 e. The first-order valence-electron chi connectivity index (χ1n) is 11.2. The Bertz CT molecular complexity index is 1470. The maximum absolute atomic E-state index is 13.2. The van der Waals surface area contributed by atoms with Crippen molar-refractivity contribution in [3.05, 3.63) is 99.0 Å². The summed E-state index contributed by atoms with van der Waals surface area (Å²) in [6, 6.07) is 21.4. The Labute approximate surface area is 216 Å². The summed E-state index contributed by atoms with van der Waals surface area (Å²) < 4.78 is 9.07. The van der Waals surface area contributed by atoms with Gasteiger partial charge in [0.1, 0.15) is 12.4 Å². The third-order valence-electron chi connectivity index (χ3n) is 5.93. The number of hydrogen-bond acceptors (Lipinski definition) is 4. The first-order valence-corrected chi connectivity index (χ1v) is 12.8. The first kappa shape index (κ1) is 23.5. The van der Waals surface area contributed by atoms with Gasteiger partial charge >= 0.3 is 0 Å². The molecule has 0 spiro atoms. The van der Waals surface area contributed by atoms with Gasteiger partial charge < -0.3 is 9.30 Å². The van der Waals surface area contributed by atoms with Crippen LogP contribution in [0.1, 0.15) is 16.7 Å². The first-order chi connectivity index (χ1) is 16.9. The van der Waals surface area contributed by atoms with Gasteiger partial charge in [-0.05, 0) is 73.6 Å². The van der Waals surface area contributed by atoms with E-state index in [9.17, 15) is 9.59 Å². The maximum atomic E-state index is 13.2. The second-order valence-corrected chi connectivity index (χ2v) is 10.3. The number of benzene rings is 3. The fourth-order valence-electron chi connectivity index (χ4n) is 4.09. The topological polar surface area (TPSA) is 51.5 Å². The Hall–Kier alpha value is -3.29. The number of carbonyl (C=O) groups excluding carboxylic acids is 2. The Balaban J connectivity index is 1.43. The fraction of sp³-hybridized carbons (Fsp3) is 0.143. The van der Waals surface area contributed by atoms with Gasteiger partial charge in [0.2, 0.25) is 0 Å². The van der Waals surface area contributed by atoms with E-state index in [1.165, 1.54) is 4.90 Å². The molecule has 0 radical (unpaired) electrons. The van der Waals surface area contributed by atoms with Crippen LogP contribution >= 0.6 is 27.7 Å². The van der Waals surface area contributed by atoms with E-state index in [1.807, 2.05) is 80.7 Å². The number of nitrogens with zero attached hydrogens (tertiary/aromatic N) is 2. The number of ether oxygens (including phenoxy) is 1. The average molecular weight is 547 g/mol. The van der Waals surface area contributed by atoms with Gasteiger partial charge in [0, 0.05) is 27.1 Å². The van der Waals surface area contributed by atoms with Crippen LogP contribution in [0.15, 0.2) is 82.3 Å². The number of carbonyl (C=O) groups is 2. The number of fused-ring (bicyclic) bond motifs is 1. The summed E-state index contributed by atoms with van der Waals surface area (Å²) in [5.74, 6) is 0.569. The van der Waals surface area contributed by atoms with Crippen molar-refractivity contribution in [2.24, 2.45) is 0 Å². The molecule has 0 N–H and O–H groups in total. The van der Waals surface area contributed by atoms with Gasteiger partial charge in [-0.15, -0.1) is 0 Å². The summed E-state index contributed by atoms with van der Waals surface area (Å²) in [7, 11) is 0. The Kier molecular flexibility index (Phi) is 6.54. The van der Waals surface area contributed by atoms with Gasteiger partial charge in [-0.1, -0.05) is 51.8 Å². The van der Waals surface area contributed by atoms with Crippen molar-refractivity contribution < 1.29 is 14.3 Å². The number of imide groups is 1. The zero-order chi connectivity index (χ0) is 24.5. The lowest BCUT2D eigenvalue weighted by molar-refractivity contribution is -0.113. The van der Waals surface area contributed by atoms with Crippen molar-refractivity contribution in [2.75, 3.05) is 11.5 Å². The van der Waals surface area contributed by atoms with E-state index >= 15 is 0 Å². The minimum Gasteiger partial charge on any atom is -0.491 e. The molecule has 1 fully saturated rings. The monoisotopic (exact) mass is 546 g/mol. The molecule has 0 unspecified atom stereocenters. The highest BCUT2D eigenvalue weighted by Gasteiger charge is 2.36. The molecule has 5 nitrogen and oxygen atoms in total. The minimum absolute atomic E-state index is 0.290. The molecule has 176 valence electrons. The number of halogens is 1. The molecule has 1 saturated heterocycles. The molecule has 0 atom stereocenters. The summed E-state index contributed by atoms with van der Waals surface area (Å²) in [6.45, 7) is 5.15. The molecule has 7 heteroatoms. The van der Waals surface area contributed by atoms with Crippen molar-refractivity contribution in [1.29, 1.82) is 0 Å². The molecule has 2 amide bonds. The van der Waals surface area contributed by atoms with Crippen molar-refractivity contribution in [1.82, 2.24) is 4.57 Å². The van der Waals surface area contributed by atoms with Crippen LogP contribution in [0.25, 0.3) is 17.0 Å². The van der Waals surface area contributed by atoms with E-state index in [2.05, 4.69) is 20.5 Å². The summed E-state index contributed by atoms with van der Waals surface area (Å²) in [6.07, 6.45) is 3.82. The van der Waals surface area contributed by atoms with Crippen molar-refractivity contribution in [3.63, 3.8) is 0 Å². The quantitative estimate of drug-likeness (QED) is 0.237. The Morgan fingerprint density at radius 1 is 1.00 bits per heavy atom. The average Bonchev–Trinajstić information content (AvgIpc) is 3.31. The van der Waals surface area contributed by atoms with Gasteiger partial charge in [-0.2, -0.15) is 0 Å². The number of amides is 2. The second-order valence-electron chi connectivity index (χ2n) is 8.41. The summed E-state index contributed by atoms with van der Waals surface area (Å²) in [5, 5.41) is 0.707. The molecule has 0 bridgehead atoms. The highest BCUT2D eigenvalue weighted by Crippen LogP contribution is 2.37. The molecule has 1 aliphatic rings. The van der Waals surface area contributed by atoms with Gasteiger partial charge in [-0.3, -0.25) is 9.59 Å². The summed E-state index contributed by atoms with van der Waals surface area (Å²) in [5.41, 5.74) is 4.66. The zero-order valence-electron chi connectivity index (χ0n) is 19.3. The van der Waals surface area contributed by atoms with Gasteiger partial charge in [0.05, 0.1) is 17.1 Å². The molecular formula is C28H23BrN2O3S. The largest absolute Gasteiger partial charge is 0.491 e. The predicted octanol–water partition coefficient (Wildman–Crippen LogP) is 7.34. The van der Waals surface area contributed by atoms with Gasteiger partial charge in [0.15, 0.2) is 0 Å². The third-order valence-corrected chi connectivity index (χ3v) is 7.29. The molecule has 35 heavy (non-hydrogen) atoms. The third kappa shape index (κ3) is 4.79. The van der Waals surface area contributed by atoms with E-state index in [0.29, 0.717) is 23.7 Å². The van der Waals surface area contributed by atoms with Crippen LogP contribution in [0.3, 0.4) is 0 Å². The standard InChI is InChI=1S/C28H23BrN2O3S/c1-18-7-10-22(11-8-18)31-27(32)26(35-28(31)33)15-20-17-30(24-12-9-21(29)16-23(20)24)13-14-34-25-6-4-3-5-19(25)2/h3-12,15-17H,13-14H2,1-2H3/b26-15-. The maximum Gasteiger partial charge on any atom is 0.298 e. The molecule has 5 rings (SSSR count). The van der Waals surface area contributed by atoms with Crippen molar-refractivity contribution in [3.8, 4) is 5.75 Å². The van der Waals surface area contributed by atoms with Crippen LogP contribution in [0.5, 0.6) is 5.75 Å². The highest BCUT2D eigenvalue weighted by atomic mass is 79.9. The van der Waals surface area contributed by atoms with E-state index in [1.54, 1.807) is 12.1 Å². The van der Waals surface area contributed by atoms with Crippen LogP contribution in [0.4, 0.5) is 10.5 Å². The van der Waals surface area contributed by atoms with E-state index in [-0.39, 0.29) is 11.1 Å². The number of para-hydroxylation sites is 1. The highest BCUT2D eigenvalue weighted by molar-refractivity contribution is 9.10. The summed E-state index contributed by atoms with van der Waals surface area (Å²) >= 11 is 4.53. The van der Waals surface area contributed by atoms with Crippen LogP contribution in [0, 0.1) is 13.8 Å². The number of anilines is 1. The van der Waals surface area contributed by atoms with Crippen LogP contribution < -0.4 is 9.64 Å². The Morgan fingerprint density at radius 2 is 1.77 bits per heavy atom. The summed E-state index contributed by atoms with van der Waals surface area (Å²) in [4.78, 5) is 27.5. The van der Waals surface area contributed by atoms with Crippen molar-refractivity contribution >= 4 is 61.5 Å². The fourth-order valence-corrected chi connectivity index (χ4v) is 5.29. The molecule has 1 aromatic heterocycles. The number of rotatable bonds is 6. The molecule has 0 aliphatic carbocycles. The van der Waals surface area contributed by atoms with Crippen LogP contribution in [-0.4, -0.2) is 22.3 Å². The normalized spacial score (nSPS) is 14.9.